The predicted octanol–water partition coefficient (Wildman–Crippen LogP) is 11.3. The molecule has 0 saturated carbocycles. The number of hydrogen-bond acceptors (Lipinski definition) is 19. The summed E-state index contributed by atoms with van der Waals surface area (Å²) < 4.78 is 86.6. The van der Waals surface area contributed by atoms with E-state index in [1.807, 2.05) is 61.0 Å². The van der Waals surface area contributed by atoms with Crippen molar-refractivity contribution in [3.8, 4) is 0 Å². The van der Waals surface area contributed by atoms with Crippen molar-refractivity contribution in [2.75, 3.05) is 55.0 Å². The monoisotopic (exact) mass is 1150 g/mol. The van der Waals surface area contributed by atoms with Crippen molar-refractivity contribution in [1.29, 1.82) is 0 Å². The van der Waals surface area contributed by atoms with Crippen LogP contribution in [0.4, 0.5) is 41.9 Å². The summed E-state index contributed by atoms with van der Waals surface area (Å²) in [6.07, 6.45) is 15.8. The maximum Gasteiger partial charge on any atom is 0.312 e. The van der Waals surface area contributed by atoms with E-state index in [1.165, 1.54) is 17.0 Å². The number of benzene rings is 3. The van der Waals surface area contributed by atoms with Gasteiger partial charge >= 0.3 is 18.2 Å². The van der Waals surface area contributed by atoms with E-state index in [4.69, 9.17) is 31.5 Å². The summed E-state index contributed by atoms with van der Waals surface area (Å²) in [7, 11) is -3.29. The Labute approximate surface area is 460 Å². The summed E-state index contributed by atoms with van der Waals surface area (Å²) >= 11 is 9.19. The number of halogens is 4. The van der Waals surface area contributed by atoms with Gasteiger partial charge < -0.3 is 30.6 Å². The maximum absolute atomic E-state index is 14.0. The van der Waals surface area contributed by atoms with Crippen LogP contribution < -0.4 is 16.4 Å². The molecular formula is C51H55ClF3N15O5S3. The molecule has 0 radical (unpaired) electrons. The van der Waals surface area contributed by atoms with E-state index in [1.54, 1.807) is 68.3 Å². The summed E-state index contributed by atoms with van der Waals surface area (Å²) in [5.74, 6) is 0.563. The molecule has 6 aromatic heterocycles. The highest BCUT2D eigenvalue weighted by atomic mass is 35.5. The number of imidazole rings is 3. The van der Waals surface area contributed by atoms with Crippen molar-refractivity contribution in [2.24, 2.45) is 0 Å². The summed E-state index contributed by atoms with van der Waals surface area (Å²) in [6.45, 7) is 2.05. The number of nitrogens with two attached hydrogens (primary N) is 1. The molecule has 78 heavy (non-hydrogen) atoms. The van der Waals surface area contributed by atoms with E-state index < -0.39 is 28.1 Å². The maximum atomic E-state index is 14.0. The highest BCUT2D eigenvalue weighted by Gasteiger charge is 2.24. The zero-order chi connectivity index (χ0) is 54.8. The number of aromatic nitrogens is 12. The van der Waals surface area contributed by atoms with Gasteiger partial charge in [0.2, 0.25) is 0 Å². The van der Waals surface area contributed by atoms with E-state index >= 15 is 0 Å². The Morgan fingerprint density at radius 3 is 1.31 bits per heavy atom. The lowest BCUT2D eigenvalue weighted by Crippen LogP contribution is -2.18. The molecule has 0 amide bonds. The van der Waals surface area contributed by atoms with Crippen LogP contribution in [0.25, 0.3) is 33.5 Å². The first-order valence-electron chi connectivity index (χ1n) is 24.8. The number of anilines is 5. The number of rotatable bonds is 10. The summed E-state index contributed by atoms with van der Waals surface area (Å²) in [4.78, 5) is 38.1. The molecule has 9 aromatic rings. The molecule has 3 aliphatic rings. The van der Waals surface area contributed by atoms with Gasteiger partial charge in [-0.05, 0) is 143 Å². The van der Waals surface area contributed by atoms with Gasteiger partial charge in [0, 0.05) is 52.9 Å². The molecule has 9 heterocycles. The number of hydrogen-bond donors (Lipinski definition) is 3. The smallest absolute Gasteiger partial charge is 0.312 e. The first-order chi connectivity index (χ1) is 37.7. The second-order valence-corrected chi connectivity index (χ2v) is 22.1. The van der Waals surface area contributed by atoms with Crippen LogP contribution in [0.15, 0.2) is 106 Å². The summed E-state index contributed by atoms with van der Waals surface area (Å²) in [5, 5.41) is 6.15. The Kier molecular flexibility index (Phi) is 18.6. The van der Waals surface area contributed by atoms with Crippen LogP contribution >= 0.6 is 35.1 Å². The fraction of sp³-hybridized carbons (Fsp3) is 0.353. The Morgan fingerprint density at radius 2 is 0.923 bits per heavy atom. The second kappa shape index (κ2) is 25.9. The third kappa shape index (κ3) is 13.9. The molecule has 3 fully saturated rings. The van der Waals surface area contributed by atoms with Crippen LogP contribution in [0.5, 0.6) is 0 Å². The van der Waals surface area contributed by atoms with Gasteiger partial charge in [-0.1, -0.05) is 11.6 Å². The number of nitrogens with one attached hydrogen (secondary N) is 2. The Bertz CT molecular complexity index is 3560. The van der Waals surface area contributed by atoms with Crippen LogP contribution in [0.3, 0.4) is 0 Å². The molecule has 0 aliphatic carbocycles. The minimum Gasteiger partial charge on any atom is -0.399 e. The standard InChI is InChI=1S/C17H18FN5O3S.C17H18FN5OS.C10H10ClFN4O.C7H9NS/c1-27(24,25)12-7-5-11(6-8-12)20-15-14-16(22-17(18)21-15)23(10-19-14)13-4-2-3-9-26-13;1-25-12-7-5-11(6-8-12)20-15-14-16(22-17(18)21-15)23(10-19-14)13-4-2-3-9-24-13;11-8-7-9(15-10(12)14-8)16(5-13-7)6-3-1-2-4-17-6;1-9-7-4-2-6(8)3-5-7/h5-8,10,13H,2-4,9H2,1H3,(H,20,21,22);5-8,10,13H,2-4,9H2,1H3,(H,20,21,22);5-6H,1-4H2;2-5H,8H2,1H3. The fourth-order valence-corrected chi connectivity index (χ4v) is 10.3. The van der Waals surface area contributed by atoms with Crippen LogP contribution in [0, 0.1) is 18.2 Å². The Balaban J connectivity index is 0.000000134. The zero-order valence-electron chi connectivity index (χ0n) is 42.6. The lowest BCUT2D eigenvalue weighted by molar-refractivity contribution is -0.0300. The van der Waals surface area contributed by atoms with Crippen molar-refractivity contribution >= 4 is 107 Å². The Morgan fingerprint density at radius 1 is 0.551 bits per heavy atom. The van der Waals surface area contributed by atoms with E-state index in [-0.39, 0.29) is 34.6 Å². The average Bonchev–Trinajstić information content (AvgIpc) is 4.32. The SMILES string of the molecule is CS(=O)(=O)c1ccc(Nc2nc(F)nc3c2ncn3C2CCCCO2)cc1.CSc1ccc(N)cc1.CSc1ccc(Nc2nc(F)nc3c2ncn3C2CCCCO2)cc1.Fc1nc(Cl)c2ncn(C3CCCCO3)c2n1. The number of fused-ring (bicyclic) bond motifs is 3. The minimum atomic E-state index is -3.29. The molecular weight excluding hydrogens is 1090 g/mol. The lowest BCUT2D eigenvalue weighted by atomic mass is 10.2. The van der Waals surface area contributed by atoms with Crippen LogP contribution in [-0.2, 0) is 24.0 Å². The Hall–Kier alpha value is -6.68. The molecule has 3 atom stereocenters. The molecule has 3 aromatic carbocycles. The first-order valence-corrected chi connectivity index (χ1v) is 29.5. The van der Waals surface area contributed by atoms with Gasteiger partial charge in [-0.2, -0.15) is 43.1 Å². The van der Waals surface area contributed by atoms with Gasteiger partial charge in [-0.3, -0.25) is 13.7 Å². The van der Waals surface area contributed by atoms with Crippen LogP contribution in [0.2, 0.25) is 5.15 Å². The van der Waals surface area contributed by atoms with Gasteiger partial charge in [0.1, 0.15) is 24.2 Å². The van der Waals surface area contributed by atoms with Crippen molar-refractivity contribution in [3.05, 3.63) is 115 Å². The largest absolute Gasteiger partial charge is 0.399 e. The molecule has 27 heteroatoms. The van der Waals surface area contributed by atoms with Crippen molar-refractivity contribution in [3.63, 3.8) is 0 Å². The number of nitrogen functional groups attached to an aromatic ring is 1. The normalized spacial score (nSPS) is 17.6. The molecule has 3 saturated heterocycles. The third-order valence-corrected chi connectivity index (χ3v) is 15.4. The second-order valence-electron chi connectivity index (χ2n) is 17.9. The highest BCUT2D eigenvalue weighted by Crippen LogP contribution is 2.32. The number of thioether (sulfide) groups is 2. The number of sulfone groups is 1. The van der Waals surface area contributed by atoms with E-state index in [2.05, 4.69) is 55.5 Å². The molecule has 20 nitrogen and oxygen atoms in total. The third-order valence-electron chi connectivity index (χ3n) is 12.6. The van der Waals surface area contributed by atoms with Crippen LogP contribution in [-0.4, -0.2) is 106 Å². The molecule has 410 valence electrons. The molecule has 3 unspecified atom stereocenters. The fourth-order valence-electron chi connectivity index (χ4n) is 8.61. The lowest BCUT2D eigenvalue weighted by Gasteiger charge is -2.23. The van der Waals surface area contributed by atoms with Gasteiger partial charge in [0.05, 0.1) is 23.9 Å². The quantitative estimate of drug-likeness (QED) is 0.0499. The zero-order valence-corrected chi connectivity index (χ0v) is 45.8. The predicted molar refractivity (Wildman–Crippen MR) is 294 cm³/mol. The first kappa shape index (κ1) is 56.1. The molecule has 3 aliphatic heterocycles. The summed E-state index contributed by atoms with van der Waals surface area (Å²) in [6, 6.07) is 21.8. The van der Waals surface area contributed by atoms with E-state index in [9.17, 15) is 21.6 Å². The summed E-state index contributed by atoms with van der Waals surface area (Å²) in [5.41, 5.74) is 10.2. The van der Waals surface area contributed by atoms with Gasteiger partial charge in [-0.25, -0.2) is 23.4 Å². The van der Waals surface area contributed by atoms with E-state index in [0.717, 1.165) is 80.3 Å². The molecule has 0 bridgehead atoms. The van der Waals surface area contributed by atoms with Crippen molar-refractivity contribution < 1.29 is 35.8 Å². The highest BCUT2D eigenvalue weighted by molar-refractivity contribution is 7.98. The molecule has 0 spiro atoms. The van der Waals surface area contributed by atoms with Crippen molar-refractivity contribution in [2.45, 2.75) is 91.2 Å². The van der Waals surface area contributed by atoms with Crippen LogP contribution in [0.1, 0.15) is 76.5 Å². The average molecular weight is 1150 g/mol. The topological polar surface area (TPSA) is 243 Å². The van der Waals surface area contributed by atoms with E-state index in [0.29, 0.717) is 64.8 Å². The minimum absolute atomic E-state index is 0.0297. The van der Waals surface area contributed by atoms with Crippen molar-refractivity contribution in [1.82, 2.24) is 58.6 Å². The number of ether oxygens (including phenoxy) is 3. The van der Waals surface area contributed by atoms with Gasteiger partial charge in [0.15, 0.2) is 54.6 Å². The van der Waals surface area contributed by atoms with Gasteiger partial charge in [-0.15, -0.1) is 23.5 Å². The van der Waals surface area contributed by atoms with Gasteiger partial charge in [0.25, 0.3) is 0 Å². The molecule has 4 N–H and O–H groups in total. The number of nitrogens with zero attached hydrogens (tertiary/aromatic N) is 12. The molecule has 12 rings (SSSR count).